The van der Waals surface area contributed by atoms with Crippen LogP contribution in [0, 0.1) is 0 Å². The minimum absolute atomic E-state index is 0. The molecule has 6 nitrogen and oxygen atoms in total. The van der Waals surface area contributed by atoms with Crippen LogP contribution in [-0.4, -0.2) is 49.2 Å². The van der Waals surface area contributed by atoms with Gasteiger partial charge in [0.05, 0.1) is 25.5 Å². The number of nitrogens with zero attached hydrogens (tertiary/aromatic N) is 3. The van der Waals surface area contributed by atoms with Crippen molar-refractivity contribution in [1.29, 1.82) is 0 Å². The summed E-state index contributed by atoms with van der Waals surface area (Å²) in [6, 6.07) is 8.61. The molecule has 2 N–H and O–H groups in total. The molecule has 0 atom stereocenters. The third-order valence-electron chi connectivity index (χ3n) is 5.01. The van der Waals surface area contributed by atoms with E-state index in [9.17, 15) is 0 Å². The van der Waals surface area contributed by atoms with Crippen molar-refractivity contribution >= 4 is 41.3 Å². The number of rotatable bonds is 6. The van der Waals surface area contributed by atoms with Crippen molar-refractivity contribution in [2.45, 2.75) is 45.8 Å². The third kappa shape index (κ3) is 7.47. The van der Waals surface area contributed by atoms with E-state index in [1.165, 1.54) is 11.1 Å². The van der Waals surface area contributed by atoms with Crippen LogP contribution in [0.25, 0.3) is 0 Å². The van der Waals surface area contributed by atoms with Crippen molar-refractivity contribution in [2.75, 3.05) is 33.4 Å². The number of morpholine rings is 1. The van der Waals surface area contributed by atoms with Crippen LogP contribution in [0.1, 0.15) is 42.6 Å². The van der Waals surface area contributed by atoms with E-state index < -0.39 is 0 Å². The highest BCUT2D eigenvalue weighted by molar-refractivity contribution is 14.0. The Morgan fingerprint density at radius 1 is 1.13 bits per heavy atom. The molecular weight excluding hydrogens is 509 g/mol. The molecule has 1 saturated heterocycles. The van der Waals surface area contributed by atoms with Gasteiger partial charge in [0.1, 0.15) is 5.01 Å². The van der Waals surface area contributed by atoms with Crippen LogP contribution in [0.2, 0.25) is 0 Å². The minimum Gasteiger partial charge on any atom is -0.379 e. The molecule has 1 fully saturated rings. The molecule has 1 aromatic heterocycles. The van der Waals surface area contributed by atoms with Gasteiger partial charge >= 0.3 is 0 Å². The van der Waals surface area contributed by atoms with E-state index in [4.69, 9.17) is 9.72 Å². The molecule has 1 aliphatic rings. The maximum absolute atomic E-state index is 5.46. The lowest BCUT2D eigenvalue weighted by Gasteiger charge is -2.27. The molecule has 8 heteroatoms. The second-order valence-electron chi connectivity index (χ2n) is 8.31. The van der Waals surface area contributed by atoms with Crippen LogP contribution in [0.4, 0.5) is 0 Å². The van der Waals surface area contributed by atoms with Crippen molar-refractivity contribution in [3.8, 4) is 0 Å². The first-order valence-electron chi connectivity index (χ1n) is 10.2. The van der Waals surface area contributed by atoms with Crippen LogP contribution in [-0.2, 0) is 29.8 Å². The molecule has 1 aromatic carbocycles. The van der Waals surface area contributed by atoms with Crippen LogP contribution < -0.4 is 10.6 Å². The quantitative estimate of drug-likeness (QED) is 0.330. The number of benzene rings is 1. The van der Waals surface area contributed by atoms with Crippen molar-refractivity contribution in [1.82, 2.24) is 20.5 Å². The topological polar surface area (TPSA) is 61.8 Å². The normalized spacial score (nSPS) is 15.5. The van der Waals surface area contributed by atoms with Gasteiger partial charge in [-0.2, -0.15) is 0 Å². The monoisotopic (exact) mass is 543 g/mol. The summed E-state index contributed by atoms with van der Waals surface area (Å²) in [4.78, 5) is 11.6. The van der Waals surface area contributed by atoms with Crippen molar-refractivity contribution in [3.05, 3.63) is 51.5 Å². The fourth-order valence-electron chi connectivity index (χ4n) is 3.18. The fraction of sp³-hybridized carbons (Fsp3) is 0.545. The van der Waals surface area contributed by atoms with Crippen LogP contribution in [0.3, 0.4) is 0 Å². The van der Waals surface area contributed by atoms with E-state index in [0.717, 1.165) is 56.1 Å². The summed E-state index contributed by atoms with van der Waals surface area (Å²) in [6.45, 7) is 12.6. The van der Waals surface area contributed by atoms with Crippen LogP contribution in [0.5, 0.6) is 0 Å². The molecule has 0 unspecified atom stereocenters. The lowest BCUT2D eigenvalue weighted by molar-refractivity contribution is 0.0341. The minimum atomic E-state index is 0. The SMILES string of the molecule is CN=C(NCc1nc(C(C)(C)C)cs1)NCc1ccccc1CN1CCOCC1.I. The van der Waals surface area contributed by atoms with E-state index in [2.05, 4.69) is 70.9 Å². The maximum Gasteiger partial charge on any atom is 0.191 e. The van der Waals surface area contributed by atoms with E-state index in [0.29, 0.717) is 6.54 Å². The van der Waals surface area contributed by atoms with E-state index in [1.807, 2.05) is 0 Å². The maximum atomic E-state index is 5.46. The Kier molecular flexibility index (Phi) is 9.99. The number of hydrogen-bond donors (Lipinski definition) is 2. The Hall–Kier alpha value is -1.23. The van der Waals surface area contributed by atoms with Gasteiger partial charge in [0.2, 0.25) is 0 Å². The molecule has 30 heavy (non-hydrogen) atoms. The lowest BCUT2D eigenvalue weighted by Crippen LogP contribution is -2.37. The van der Waals surface area contributed by atoms with Crippen molar-refractivity contribution < 1.29 is 4.74 Å². The van der Waals surface area contributed by atoms with Gasteiger partial charge in [-0.25, -0.2) is 4.98 Å². The third-order valence-corrected chi connectivity index (χ3v) is 5.86. The largest absolute Gasteiger partial charge is 0.379 e. The van der Waals surface area contributed by atoms with Gasteiger partial charge in [-0.1, -0.05) is 45.0 Å². The first kappa shape index (κ1) is 25.0. The number of hydrogen-bond acceptors (Lipinski definition) is 5. The zero-order chi connectivity index (χ0) is 20.7. The molecule has 0 spiro atoms. The summed E-state index contributed by atoms with van der Waals surface area (Å²) < 4.78 is 5.46. The Morgan fingerprint density at radius 3 is 2.43 bits per heavy atom. The first-order chi connectivity index (χ1) is 14.0. The number of thiazole rings is 1. The molecule has 0 radical (unpaired) electrons. The summed E-state index contributed by atoms with van der Waals surface area (Å²) >= 11 is 1.69. The summed E-state index contributed by atoms with van der Waals surface area (Å²) in [5.74, 6) is 0.790. The average Bonchev–Trinajstić information content (AvgIpc) is 3.20. The highest BCUT2D eigenvalue weighted by Gasteiger charge is 2.17. The highest BCUT2D eigenvalue weighted by atomic mass is 127. The first-order valence-corrected chi connectivity index (χ1v) is 11.1. The van der Waals surface area contributed by atoms with Gasteiger partial charge in [0, 0.05) is 44.0 Å². The number of aliphatic imine (C=N–C) groups is 1. The predicted molar refractivity (Wildman–Crippen MR) is 136 cm³/mol. The Labute approximate surface area is 201 Å². The zero-order valence-corrected chi connectivity index (χ0v) is 21.5. The van der Waals surface area contributed by atoms with Crippen LogP contribution in [0.15, 0.2) is 34.6 Å². The number of nitrogens with one attached hydrogen (secondary N) is 2. The van der Waals surface area contributed by atoms with E-state index in [-0.39, 0.29) is 29.4 Å². The molecule has 1 aliphatic heterocycles. The number of aromatic nitrogens is 1. The Balaban J connectivity index is 0.00000320. The van der Waals surface area contributed by atoms with Crippen LogP contribution >= 0.6 is 35.3 Å². The molecule has 166 valence electrons. The fourth-order valence-corrected chi connectivity index (χ4v) is 4.14. The molecule has 0 aliphatic carbocycles. The molecule has 0 amide bonds. The standard InChI is InChI=1S/C22H33N5OS.HI/c1-22(2,3)19-16-29-20(26-19)14-25-21(23-4)24-13-17-7-5-6-8-18(17)15-27-9-11-28-12-10-27;/h5-8,16H,9-15H2,1-4H3,(H2,23,24,25);1H. The van der Waals surface area contributed by atoms with Gasteiger partial charge < -0.3 is 15.4 Å². The van der Waals surface area contributed by atoms with E-state index in [1.54, 1.807) is 18.4 Å². The highest BCUT2D eigenvalue weighted by Crippen LogP contribution is 2.23. The van der Waals surface area contributed by atoms with Gasteiger partial charge in [0.25, 0.3) is 0 Å². The Morgan fingerprint density at radius 2 is 1.80 bits per heavy atom. The Bertz CT molecular complexity index is 812. The molecular formula is C22H34IN5OS. The van der Waals surface area contributed by atoms with Gasteiger partial charge in [-0.15, -0.1) is 35.3 Å². The molecule has 2 aromatic rings. The summed E-state index contributed by atoms with van der Waals surface area (Å²) in [6.07, 6.45) is 0. The average molecular weight is 544 g/mol. The predicted octanol–water partition coefficient (Wildman–Crippen LogP) is 3.76. The number of ether oxygens (including phenoxy) is 1. The van der Waals surface area contributed by atoms with Crippen molar-refractivity contribution in [2.24, 2.45) is 4.99 Å². The summed E-state index contributed by atoms with van der Waals surface area (Å²) in [7, 11) is 1.80. The van der Waals surface area contributed by atoms with E-state index >= 15 is 0 Å². The number of halogens is 1. The molecule has 2 heterocycles. The molecule has 0 saturated carbocycles. The molecule has 3 rings (SSSR count). The smallest absolute Gasteiger partial charge is 0.191 e. The van der Waals surface area contributed by atoms with Gasteiger partial charge in [-0.3, -0.25) is 9.89 Å². The number of guanidine groups is 1. The second kappa shape index (κ2) is 12.0. The zero-order valence-electron chi connectivity index (χ0n) is 18.4. The lowest BCUT2D eigenvalue weighted by atomic mass is 9.93. The molecule has 0 bridgehead atoms. The van der Waals surface area contributed by atoms with Gasteiger partial charge in [-0.05, 0) is 11.1 Å². The van der Waals surface area contributed by atoms with Crippen molar-refractivity contribution in [3.63, 3.8) is 0 Å². The summed E-state index contributed by atoms with van der Waals surface area (Å²) in [5.41, 5.74) is 3.87. The second-order valence-corrected chi connectivity index (χ2v) is 9.26. The van der Waals surface area contributed by atoms with Gasteiger partial charge in [0.15, 0.2) is 5.96 Å². The summed E-state index contributed by atoms with van der Waals surface area (Å²) in [5, 5.41) is 10.0.